The van der Waals surface area contributed by atoms with E-state index < -0.39 is 10.0 Å². The number of nitrogens with zero attached hydrogens (tertiary/aromatic N) is 3. The Morgan fingerprint density at radius 3 is 2.56 bits per heavy atom. The first kappa shape index (κ1) is 19.0. The van der Waals surface area contributed by atoms with Gasteiger partial charge in [0.05, 0.1) is 4.90 Å². The topological polar surface area (TPSA) is 105 Å². The lowest BCUT2D eigenvalue weighted by Gasteiger charge is -2.10. The highest BCUT2D eigenvalue weighted by Crippen LogP contribution is 2.11. The van der Waals surface area contributed by atoms with E-state index in [1.54, 1.807) is 13.8 Å². The summed E-state index contributed by atoms with van der Waals surface area (Å²) in [5, 5.41) is 11.0. The third-order valence-electron chi connectivity index (χ3n) is 3.84. The standard InChI is InChI=1S/C18H21N5O3S/c1-13(2)22-27(25,26)15-8-6-14(7-9-15)18(24)19-11-10-17-21-20-16-5-3-4-12-23(16)17/h3-9,12-13,22H,10-11H2,1-2H3,(H,19,24). The maximum absolute atomic E-state index is 12.3. The minimum absolute atomic E-state index is 0.127. The van der Waals surface area contributed by atoms with E-state index in [1.165, 1.54) is 24.3 Å². The Morgan fingerprint density at radius 2 is 1.85 bits per heavy atom. The van der Waals surface area contributed by atoms with Gasteiger partial charge in [0.1, 0.15) is 5.82 Å². The van der Waals surface area contributed by atoms with Gasteiger partial charge in [-0.25, -0.2) is 13.1 Å². The van der Waals surface area contributed by atoms with Gasteiger partial charge in [-0.15, -0.1) is 10.2 Å². The molecule has 142 valence electrons. The second kappa shape index (κ2) is 7.85. The number of amides is 1. The zero-order valence-corrected chi connectivity index (χ0v) is 15.9. The molecular formula is C18H21N5O3S. The van der Waals surface area contributed by atoms with Gasteiger partial charge in [-0.3, -0.25) is 9.20 Å². The van der Waals surface area contributed by atoms with E-state index >= 15 is 0 Å². The van der Waals surface area contributed by atoms with E-state index in [1.807, 2.05) is 28.8 Å². The lowest BCUT2D eigenvalue weighted by Crippen LogP contribution is -2.30. The molecule has 0 radical (unpaired) electrons. The van der Waals surface area contributed by atoms with Gasteiger partial charge in [0.15, 0.2) is 5.65 Å². The Kier molecular flexibility index (Phi) is 5.52. The summed E-state index contributed by atoms with van der Waals surface area (Å²) in [5.74, 6) is 0.483. The normalized spacial score (nSPS) is 11.8. The number of hydrogen-bond donors (Lipinski definition) is 2. The molecule has 0 saturated carbocycles. The quantitative estimate of drug-likeness (QED) is 0.637. The molecule has 0 spiro atoms. The molecule has 1 amide bonds. The van der Waals surface area contributed by atoms with Crippen LogP contribution >= 0.6 is 0 Å². The minimum atomic E-state index is -3.57. The van der Waals surface area contributed by atoms with Crippen LogP contribution in [0.1, 0.15) is 30.0 Å². The molecule has 2 heterocycles. The molecule has 0 aliphatic heterocycles. The van der Waals surface area contributed by atoms with Crippen molar-refractivity contribution in [3.8, 4) is 0 Å². The number of sulfonamides is 1. The molecule has 9 heteroatoms. The number of benzene rings is 1. The lowest BCUT2D eigenvalue weighted by atomic mass is 10.2. The Morgan fingerprint density at radius 1 is 1.11 bits per heavy atom. The lowest BCUT2D eigenvalue weighted by molar-refractivity contribution is 0.0954. The summed E-state index contributed by atoms with van der Waals surface area (Å²) < 4.78 is 28.6. The number of aromatic nitrogens is 3. The van der Waals surface area contributed by atoms with Gasteiger partial charge in [-0.1, -0.05) is 6.07 Å². The van der Waals surface area contributed by atoms with E-state index in [0.29, 0.717) is 18.5 Å². The number of rotatable bonds is 7. The summed E-state index contributed by atoms with van der Waals surface area (Å²) in [6.07, 6.45) is 2.40. The third kappa shape index (κ3) is 4.50. The average molecular weight is 387 g/mol. The van der Waals surface area contributed by atoms with Crippen LogP contribution in [0.2, 0.25) is 0 Å². The van der Waals surface area contributed by atoms with Crippen molar-refractivity contribution in [2.75, 3.05) is 6.54 Å². The van der Waals surface area contributed by atoms with E-state index in [-0.39, 0.29) is 16.8 Å². The fraction of sp³-hybridized carbons (Fsp3) is 0.278. The van der Waals surface area contributed by atoms with Crippen LogP contribution in [-0.2, 0) is 16.4 Å². The van der Waals surface area contributed by atoms with Crippen LogP contribution in [0.3, 0.4) is 0 Å². The Labute approximate surface area is 157 Å². The van der Waals surface area contributed by atoms with Crippen molar-refractivity contribution in [2.45, 2.75) is 31.2 Å². The number of hydrogen-bond acceptors (Lipinski definition) is 5. The smallest absolute Gasteiger partial charge is 0.251 e. The van der Waals surface area contributed by atoms with Gasteiger partial charge >= 0.3 is 0 Å². The largest absolute Gasteiger partial charge is 0.352 e. The SMILES string of the molecule is CC(C)NS(=O)(=O)c1ccc(C(=O)NCCc2nnc3ccccn23)cc1. The van der Waals surface area contributed by atoms with Crippen molar-refractivity contribution in [3.05, 3.63) is 60.0 Å². The van der Waals surface area contributed by atoms with Crippen molar-refractivity contribution in [1.29, 1.82) is 0 Å². The Hall–Kier alpha value is -2.78. The first-order valence-electron chi connectivity index (χ1n) is 8.56. The van der Waals surface area contributed by atoms with Crippen molar-refractivity contribution in [3.63, 3.8) is 0 Å². The predicted molar refractivity (Wildman–Crippen MR) is 101 cm³/mol. The molecule has 0 saturated heterocycles. The third-order valence-corrected chi connectivity index (χ3v) is 5.51. The molecule has 8 nitrogen and oxygen atoms in total. The Balaban J connectivity index is 1.60. The molecule has 1 aromatic carbocycles. The molecule has 0 fully saturated rings. The van der Waals surface area contributed by atoms with Crippen LogP contribution in [0.4, 0.5) is 0 Å². The van der Waals surface area contributed by atoms with Gasteiger partial charge < -0.3 is 5.32 Å². The summed E-state index contributed by atoms with van der Waals surface area (Å²) >= 11 is 0. The van der Waals surface area contributed by atoms with Crippen LogP contribution in [-0.4, -0.2) is 41.5 Å². The van der Waals surface area contributed by atoms with Gasteiger partial charge in [0, 0.05) is 30.8 Å². The molecular weight excluding hydrogens is 366 g/mol. The summed E-state index contributed by atoms with van der Waals surface area (Å²) in [7, 11) is -3.57. The summed E-state index contributed by atoms with van der Waals surface area (Å²) in [4.78, 5) is 12.4. The molecule has 0 bridgehead atoms. The van der Waals surface area contributed by atoms with E-state index in [2.05, 4.69) is 20.2 Å². The van der Waals surface area contributed by atoms with Crippen LogP contribution < -0.4 is 10.0 Å². The van der Waals surface area contributed by atoms with Crippen LogP contribution in [0.25, 0.3) is 5.65 Å². The van der Waals surface area contributed by atoms with E-state index in [0.717, 1.165) is 11.5 Å². The number of pyridine rings is 1. The summed E-state index contributed by atoms with van der Waals surface area (Å²) in [6, 6.07) is 11.3. The molecule has 3 rings (SSSR count). The fourth-order valence-electron chi connectivity index (χ4n) is 2.62. The highest BCUT2D eigenvalue weighted by Gasteiger charge is 2.16. The first-order valence-corrected chi connectivity index (χ1v) is 10.0. The highest BCUT2D eigenvalue weighted by atomic mass is 32.2. The Bertz CT molecular complexity index is 1040. The maximum Gasteiger partial charge on any atom is 0.251 e. The summed E-state index contributed by atoms with van der Waals surface area (Å²) in [6.45, 7) is 3.89. The molecule has 2 N–H and O–H groups in total. The van der Waals surface area contributed by atoms with Crippen molar-refractivity contribution >= 4 is 21.6 Å². The van der Waals surface area contributed by atoms with Gasteiger partial charge in [0.2, 0.25) is 10.0 Å². The molecule has 3 aromatic rings. The molecule has 2 aromatic heterocycles. The molecule has 0 atom stereocenters. The number of carbonyl (C=O) groups is 1. The minimum Gasteiger partial charge on any atom is -0.352 e. The van der Waals surface area contributed by atoms with Gasteiger partial charge in [-0.05, 0) is 50.2 Å². The second-order valence-electron chi connectivity index (χ2n) is 6.35. The van der Waals surface area contributed by atoms with Crippen molar-refractivity contribution in [2.24, 2.45) is 0 Å². The fourth-order valence-corrected chi connectivity index (χ4v) is 3.87. The average Bonchev–Trinajstić information content (AvgIpc) is 3.04. The van der Waals surface area contributed by atoms with Crippen molar-refractivity contribution in [1.82, 2.24) is 24.6 Å². The molecule has 0 aliphatic carbocycles. The maximum atomic E-state index is 12.3. The monoisotopic (exact) mass is 387 g/mol. The number of nitrogens with one attached hydrogen (secondary N) is 2. The zero-order chi connectivity index (χ0) is 19.4. The molecule has 27 heavy (non-hydrogen) atoms. The zero-order valence-electron chi connectivity index (χ0n) is 15.1. The number of carbonyl (C=O) groups excluding carboxylic acids is 1. The van der Waals surface area contributed by atoms with Gasteiger partial charge in [0.25, 0.3) is 5.91 Å². The van der Waals surface area contributed by atoms with Crippen molar-refractivity contribution < 1.29 is 13.2 Å². The summed E-state index contributed by atoms with van der Waals surface area (Å²) in [5.41, 5.74) is 1.15. The van der Waals surface area contributed by atoms with Crippen LogP contribution in [0, 0.1) is 0 Å². The first-order chi connectivity index (χ1) is 12.9. The second-order valence-corrected chi connectivity index (χ2v) is 8.07. The van der Waals surface area contributed by atoms with Crippen LogP contribution in [0.5, 0.6) is 0 Å². The molecule has 0 unspecified atom stereocenters. The molecule has 0 aliphatic rings. The highest BCUT2D eigenvalue weighted by molar-refractivity contribution is 7.89. The van der Waals surface area contributed by atoms with E-state index in [4.69, 9.17) is 0 Å². The van der Waals surface area contributed by atoms with Gasteiger partial charge in [-0.2, -0.15) is 0 Å². The van der Waals surface area contributed by atoms with E-state index in [9.17, 15) is 13.2 Å². The van der Waals surface area contributed by atoms with Crippen LogP contribution in [0.15, 0.2) is 53.6 Å². The predicted octanol–water partition coefficient (Wildman–Crippen LogP) is 1.39. The number of fused-ring (bicyclic) bond motifs is 1.